The van der Waals surface area contributed by atoms with E-state index >= 15 is 0 Å². The maximum absolute atomic E-state index is 13.3. The Balaban J connectivity index is 1.68. The largest absolute Gasteiger partial charge is 0.497 e. The van der Waals surface area contributed by atoms with E-state index in [1.165, 1.54) is 24.1 Å². The number of nitrogens with one attached hydrogen (secondary N) is 1. The zero-order valence-corrected chi connectivity index (χ0v) is 16.8. The first-order valence-electron chi connectivity index (χ1n) is 9.80. The topological polar surface area (TPSA) is 27.7 Å². The second-order valence-electron chi connectivity index (χ2n) is 7.46. The molecule has 2 aromatic carbocycles. The minimum atomic E-state index is -0.204. The van der Waals surface area contributed by atoms with Gasteiger partial charge in [-0.1, -0.05) is 30.8 Å². The van der Waals surface area contributed by atoms with E-state index in [9.17, 15) is 4.39 Å². The van der Waals surface area contributed by atoms with Crippen LogP contribution in [0.4, 0.5) is 4.39 Å². The Kier molecular flexibility index (Phi) is 6.93. The van der Waals surface area contributed by atoms with Gasteiger partial charge in [0.15, 0.2) is 0 Å². The molecular weight excluding hydrogens is 353 g/mol. The summed E-state index contributed by atoms with van der Waals surface area (Å²) in [6.45, 7) is 7.87. The van der Waals surface area contributed by atoms with Crippen molar-refractivity contribution >= 4 is 0 Å². The molecule has 150 valence electrons. The van der Waals surface area contributed by atoms with Crippen molar-refractivity contribution in [2.75, 3.05) is 27.2 Å². The number of likely N-dealkylation sites (tertiary alicyclic amines) is 1. The van der Waals surface area contributed by atoms with Gasteiger partial charge >= 0.3 is 0 Å². The average molecular weight is 384 g/mol. The fourth-order valence-corrected chi connectivity index (χ4v) is 3.67. The molecule has 1 aliphatic rings. The van der Waals surface area contributed by atoms with Gasteiger partial charge in [0.2, 0.25) is 0 Å². The van der Waals surface area contributed by atoms with Crippen molar-refractivity contribution in [3.8, 4) is 5.75 Å². The first-order chi connectivity index (χ1) is 13.5. The SMILES string of the molecule is C=C(NCc1ccc(OC)cc1)N(Cc1ccc(F)cc1)[C@H]1CCCN(C)C1. The standard InChI is InChI=1S/C23H30FN3O/c1-18(25-15-19-8-12-23(28-3)13-9-19)27(22-5-4-14-26(2)17-22)16-20-6-10-21(24)11-7-20/h6-13,22,25H,1,4-5,14-17H2,2-3H3/t22-/m0/s1. The van der Waals surface area contributed by atoms with Crippen molar-refractivity contribution in [3.63, 3.8) is 0 Å². The highest BCUT2D eigenvalue weighted by Gasteiger charge is 2.24. The van der Waals surface area contributed by atoms with Gasteiger partial charge in [-0.25, -0.2) is 4.39 Å². The summed E-state index contributed by atoms with van der Waals surface area (Å²) in [6.07, 6.45) is 2.31. The molecule has 0 bridgehead atoms. The summed E-state index contributed by atoms with van der Waals surface area (Å²) < 4.78 is 18.5. The lowest BCUT2D eigenvalue weighted by atomic mass is 10.0. The fourth-order valence-electron chi connectivity index (χ4n) is 3.67. The number of rotatable bonds is 8. The van der Waals surface area contributed by atoms with Crippen LogP contribution >= 0.6 is 0 Å². The molecule has 1 N–H and O–H groups in total. The Labute approximate surface area is 167 Å². The highest BCUT2D eigenvalue weighted by molar-refractivity contribution is 5.27. The smallest absolute Gasteiger partial charge is 0.123 e. The van der Waals surface area contributed by atoms with Crippen molar-refractivity contribution in [2.45, 2.75) is 32.0 Å². The van der Waals surface area contributed by atoms with E-state index in [1.54, 1.807) is 7.11 Å². The van der Waals surface area contributed by atoms with Gasteiger partial charge in [-0.2, -0.15) is 0 Å². The van der Waals surface area contributed by atoms with E-state index < -0.39 is 0 Å². The third-order valence-electron chi connectivity index (χ3n) is 5.31. The lowest BCUT2D eigenvalue weighted by molar-refractivity contribution is 0.128. The van der Waals surface area contributed by atoms with Crippen molar-refractivity contribution in [1.29, 1.82) is 0 Å². The van der Waals surface area contributed by atoms with Gasteiger partial charge in [-0.05, 0) is 61.8 Å². The summed E-state index contributed by atoms with van der Waals surface area (Å²) in [6, 6.07) is 15.2. The van der Waals surface area contributed by atoms with Crippen LogP contribution in [0.2, 0.25) is 0 Å². The third kappa shape index (κ3) is 5.49. The second-order valence-corrected chi connectivity index (χ2v) is 7.46. The number of methoxy groups -OCH3 is 1. The van der Waals surface area contributed by atoms with Gasteiger partial charge in [0.25, 0.3) is 0 Å². The molecule has 0 saturated carbocycles. The van der Waals surface area contributed by atoms with Crippen molar-refractivity contribution in [2.24, 2.45) is 0 Å². The zero-order chi connectivity index (χ0) is 19.9. The van der Waals surface area contributed by atoms with E-state index in [0.717, 1.165) is 36.6 Å². The molecule has 0 aliphatic carbocycles. The Hall–Kier alpha value is -2.53. The number of hydrogen-bond acceptors (Lipinski definition) is 4. The van der Waals surface area contributed by atoms with E-state index in [4.69, 9.17) is 4.74 Å². The van der Waals surface area contributed by atoms with Gasteiger partial charge in [0.05, 0.1) is 12.9 Å². The van der Waals surface area contributed by atoms with Crippen molar-refractivity contribution < 1.29 is 9.13 Å². The molecule has 5 heteroatoms. The summed E-state index contributed by atoms with van der Waals surface area (Å²) in [5.74, 6) is 1.55. The highest BCUT2D eigenvalue weighted by atomic mass is 19.1. The zero-order valence-electron chi connectivity index (χ0n) is 16.8. The molecule has 3 rings (SSSR count). The summed E-state index contributed by atoms with van der Waals surface area (Å²) in [5.41, 5.74) is 2.26. The Bertz CT molecular complexity index is 760. The second kappa shape index (κ2) is 9.60. The van der Waals surface area contributed by atoms with E-state index in [-0.39, 0.29) is 5.82 Å². The van der Waals surface area contributed by atoms with Gasteiger partial charge in [0.1, 0.15) is 11.6 Å². The highest BCUT2D eigenvalue weighted by Crippen LogP contribution is 2.21. The number of ether oxygens (including phenoxy) is 1. The number of nitrogens with zero attached hydrogens (tertiary/aromatic N) is 2. The summed E-state index contributed by atoms with van der Waals surface area (Å²) in [7, 11) is 3.83. The number of hydrogen-bond donors (Lipinski definition) is 1. The van der Waals surface area contributed by atoms with Gasteiger partial charge in [0, 0.05) is 25.7 Å². The Morgan fingerprint density at radius 1 is 1.18 bits per heavy atom. The molecule has 1 aliphatic heterocycles. The molecule has 0 amide bonds. The van der Waals surface area contributed by atoms with E-state index in [2.05, 4.69) is 40.9 Å². The third-order valence-corrected chi connectivity index (χ3v) is 5.31. The number of likely N-dealkylation sites (N-methyl/N-ethyl adjacent to an activating group) is 1. The average Bonchev–Trinajstić information content (AvgIpc) is 2.72. The molecule has 1 saturated heterocycles. The Morgan fingerprint density at radius 3 is 2.50 bits per heavy atom. The van der Waals surface area contributed by atoms with Crippen LogP contribution in [-0.4, -0.2) is 43.1 Å². The normalized spacial score (nSPS) is 17.2. The quantitative estimate of drug-likeness (QED) is 0.746. The van der Waals surface area contributed by atoms with Gasteiger partial charge in [-0.15, -0.1) is 0 Å². The van der Waals surface area contributed by atoms with Crippen molar-refractivity contribution in [1.82, 2.24) is 15.1 Å². The molecule has 0 spiro atoms. The lowest BCUT2D eigenvalue weighted by Crippen LogP contribution is -2.47. The van der Waals surface area contributed by atoms with Crippen LogP contribution in [0, 0.1) is 5.82 Å². The van der Waals surface area contributed by atoms with Gasteiger partial charge in [-0.3, -0.25) is 0 Å². The molecule has 1 heterocycles. The maximum Gasteiger partial charge on any atom is 0.123 e. The molecule has 0 unspecified atom stereocenters. The first kappa shape index (κ1) is 20.2. The molecule has 28 heavy (non-hydrogen) atoms. The number of halogens is 1. The van der Waals surface area contributed by atoms with Gasteiger partial charge < -0.3 is 19.9 Å². The first-order valence-corrected chi connectivity index (χ1v) is 9.80. The van der Waals surface area contributed by atoms with Crippen LogP contribution in [0.25, 0.3) is 0 Å². The molecule has 2 aromatic rings. The van der Waals surface area contributed by atoms with Crippen LogP contribution in [0.5, 0.6) is 5.75 Å². The number of benzene rings is 2. The minimum absolute atomic E-state index is 0.204. The van der Waals surface area contributed by atoms with Crippen LogP contribution in [0.15, 0.2) is 60.9 Å². The van der Waals surface area contributed by atoms with Crippen LogP contribution in [0.3, 0.4) is 0 Å². The predicted molar refractivity (Wildman–Crippen MR) is 111 cm³/mol. The lowest BCUT2D eigenvalue weighted by Gasteiger charge is -2.40. The molecular formula is C23H30FN3O. The van der Waals surface area contributed by atoms with Crippen LogP contribution in [-0.2, 0) is 13.1 Å². The van der Waals surface area contributed by atoms with Crippen LogP contribution < -0.4 is 10.1 Å². The summed E-state index contributed by atoms with van der Waals surface area (Å²) in [4.78, 5) is 4.69. The molecule has 0 aromatic heterocycles. The minimum Gasteiger partial charge on any atom is -0.497 e. The molecule has 1 fully saturated rings. The fraction of sp³-hybridized carbons (Fsp3) is 0.391. The van der Waals surface area contributed by atoms with Crippen molar-refractivity contribution in [3.05, 3.63) is 77.9 Å². The Morgan fingerprint density at radius 2 is 1.86 bits per heavy atom. The summed E-state index contributed by atoms with van der Waals surface area (Å²) in [5, 5.41) is 3.48. The molecule has 1 atom stereocenters. The van der Waals surface area contributed by atoms with E-state index in [1.807, 2.05) is 24.3 Å². The van der Waals surface area contributed by atoms with Crippen LogP contribution in [0.1, 0.15) is 24.0 Å². The summed E-state index contributed by atoms with van der Waals surface area (Å²) >= 11 is 0. The number of piperidine rings is 1. The molecule has 0 radical (unpaired) electrons. The molecule has 4 nitrogen and oxygen atoms in total. The predicted octanol–water partition coefficient (Wildman–Crippen LogP) is 3.99. The maximum atomic E-state index is 13.3. The van der Waals surface area contributed by atoms with E-state index in [0.29, 0.717) is 19.1 Å². The monoisotopic (exact) mass is 383 g/mol.